The molecule has 0 heterocycles. The van der Waals surface area contributed by atoms with E-state index < -0.39 is 12.1 Å². The minimum atomic E-state index is -4.92. The molecule has 0 aromatic heterocycles. The Morgan fingerprint density at radius 2 is 1.79 bits per heavy atom. The van der Waals surface area contributed by atoms with Crippen LogP contribution in [0.4, 0.5) is 13.2 Å². The highest BCUT2D eigenvalue weighted by Crippen LogP contribution is 2.17. The summed E-state index contributed by atoms with van der Waals surface area (Å²) in [5.74, 6) is -2.17. The molecule has 0 atom stereocenters. The fraction of sp³-hybridized carbons (Fsp3) is 0.222. The van der Waals surface area contributed by atoms with Crippen molar-refractivity contribution in [1.82, 2.24) is 0 Å². The van der Waals surface area contributed by atoms with Gasteiger partial charge in [-0.25, -0.2) is 4.79 Å². The van der Waals surface area contributed by atoms with Gasteiger partial charge in [-0.15, -0.1) is 0 Å². The van der Waals surface area contributed by atoms with Crippen LogP contribution in [0.15, 0.2) is 30.3 Å². The highest BCUT2D eigenvalue weighted by Gasteiger charge is 2.40. The van der Waals surface area contributed by atoms with Crippen molar-refractivity contribution >= 4 is 5.97 Å². The van der Waals surface area contributed by atoms with E-state index >= 15 is 0 Å². The number of carbonyl (C=O) groups excluding carboxylic acids is 1. The number of ether oxygens (including phenoxy) is 1. The molecule has 0 bridgehead atoms. The Morgan fingerprint density at radius 1 is 1.21 bits per heavy atom. The third-order valence-corrected chi connectivity index (χ3v) is 1.44. The van der Waals surface area contributed by atoms with Gasteiger partial charge in [0, 0.05) is 0 Å². The lowest BCUT2D eigenvalue weighted by Crippen LogP contribution is -2.25. The minimum absolute atomic E-state index is 0.362. The van der Waals surface area contributed by atoms with Gasteiger partial charge in [-0.3, -0.25) is 0 Å². The van der Waals surface area contributed by atoms with Crippen LogP contribution in [0, 0.1) is 0 Å². The molecule has 0 saturated carbocycles. The van der Waals surface area contributed by atoms with Gasteiger partial charge in [0.1, 0.15) is 6.61 Å². The largest absolute Gasteiger partial charge is 0.490 e. The minimum Gasteiger partial charge on any atom is -0.454 e. The number of carbonyl (C=O) groups is 1. The van der Waals surface area contributed by atoms with Crippen molar-refractivity contribution in [3.63, 3.8) is 0 Å². The first kappa shape index (κ1) is 10.6. The molecule has 0 aliphatic carbocycles. The predicted molar refractivity (Wildman–Crippen MR) is 42.3 cm³/mol. The lowest BCUT2D eigenvalue weighted by atomic mass is 10.2. The molecule has 5 heteroatoms. The predicted octanol–water partition coefficient (Wildman–Crippen LogP) is 2.29. The standard InChI is InChI=1S/C9H7F3O2/c10-9(11,12)8(13)14-6-7-4-2-1-3-5-7/h1-5H,6H2. The number of esters is 1. The molecular formula is C9H7F3O2. The summed E-state index contributed by atoms with van der Waals surface area (Å²) in [5, 5.41) is 0. The number of benzene rings is 1. The maximum absolute atomic E-state index is 11.7. The molecule has 1 rings (SSSR count). The molecule has 0 spiro atoms. The van der Waals surface area contributed by atoms with Gasteiger partial charge >= 0.3 is 12.1 Å². The van der Waals surface area contributed by atoms with Gasteiger partial charge in [0.25, 0.3) is 0 Å². The molecule has 1 aromatic carbocycles. The van der Waals surface area contributed by atoms with Crippen molar-refractivity contribution in [3.8, 4) is 0 Å². The molecule has 1 aromatic rings. The van der Waals surface area contributed by atoms with Gasteiger partial charge in [0.2, 0.25) is 0 Å². The topological polar surface area (TPSA) is 26.3 Å². The second-order valence-electron chi connectivity index (χ2n) is 2.56. The fourth-order valence-electron chi connectivity index (χ4n) is 0.805. The van der Waals surface area contributed by atoms with E-state index in [1.807, 2.05) is 0 Å². The molecule has 0 aliphatic rings. The summed E-state index contributed by atoms with van der Waals surface area (Å²) in [6.45, 7) is -0.362. The Bertz CT molecular complexity index is 306. The zero-order valence-corrected chi connectivity index (χ0v) is 7.04. The van der Waals surface area contributed by atoms with Gasteiger partial charge < -0.3 is 4.74 Å². The van der Waals surface area contributed by atoms with E-state index in [2.05, 4.69) is 4.74 Å². The smallest absolute Gasteiger partial charge is 0.454 e. The third-order valence-electron chi connectivity index (χ3n) is 1.44. The van der Waals surface area contributed by atoms with E-state index in [0.717, 1.165) is 0 Å². The van der Waals surface area contributed by atoms with E-state index in [-0.39, 0.29) is 6.61 Å². The van der Waals surface area contributed by atoms with Crippen LogP contribution in [-0.2, 0) is 16.1 Å². The molecular weight excluding hydrogens is 197 g/mol. The number of hydrogen-bond acceptors (Lipinski definition) is 2. The molecule has 0 aliphatic heterocycles. The molecule has 2 nitrogen and oxygen atoms in total. The monoisotopic (exact) mass is 204 g/mol. The summed E-state index contributed by atoms with van der Waals surface area (Å²) in [4.78, 5) is 10.3. The summed E-state index contributed by atoms with van der Waals surface area (Å²) in [5.41, 5.74) is 0.519. The Morgan fingerprint density at radius 3 is 2.29 bits per heavy atom. The quantitative estimate of drug-likeness (QED) is 0.691. The maximum Gasteiger partial charge on any atom is 0.490 e. The van der Waals surface area contributed by atoms with Crippen molar-refractivity contribution in [2.24, 2.45) is 0 Å². The SMILES string of the molecule is O=C(OCc1ccccc1)C(F)(F)F. The van der Waals surface area contributed by atoms with Gasteiger partial charge in [0.15, 0.2) is 0 Å². The van der Waals surface area contributed by atoms with E-state index in [0.29, 0.717) is 5.56 Å². The van der Waals surface area contributed by atoms with E-state index in [4.69, 9.17) is 0 Å². The van der Waals surface area contributed by atoms with E-state index in [1.165, 1.54) is 0 Å². The van der Waals surface area contributed by atoms with Crippen LogP contribution in [0.1, 0.15) is 5.56 Å². The van der Waals surface area contributed by atoms with E-state index in [9.17, 15) is 18.0 Å². The van der Waals surface area contributed by atoms with Crippen LogP contribution in [-0.4, -0.2) is 12.1 Å². The molecule has 0 saturated heterocycles. The Labute approximate surface area is 78.3 Å². The molecule has 0 N–H and O–H groups in total. The van der Waals surface area contributed by atoms with Crippen LogP contribution >= 0.6 is 0 Å². The average molecular weight is 204 g/mol. The van der Waals surface area contributed by atoms with Crippen molar-refractivity contribution < 1.29 is 22.7 Å². The maximum atomic E-state index is 11.7. The molecule has 0 radical (unpaired) electrons. The number of halogens is 3. The first-order valence-corrected chi connectivity index (χ1v) is 3.78. The summed E-state index contributed by atoms with van der Waals surface area (Å²) in [7, 11) is 0. The average Bonchev–Trinajstić information content (AvgIpc) is 2.14. The van der Waals surface area contributed by atoms with Gasteiger partial charge in [0.05, 0.1) is 0 Å². The number of alkyl halides is 3. The summed E-state index contributed by atoms with van der Waals surface area (Å²) < 4.78 is 39.1. The zero-order valence-electron chi connectivity index (χ0n) is 7.04. The highest BCUT2D eigenvalue weighted by atomic mass is 19.4. The second-order valence-corrected chi connectivity index (χ2v) is 2.56. The molecule has 76 valence electrons. The highest BCUT2D eigenvalue weighted by molar-refractivity contribution is 5.75. The van der Waals surface area contributed by atoms with Gasteiger partial charge in [-0.05, 0) is 5.56 Å². The molecule has 14 heavy (non-hydrogen) atoms. The van der Waals surface area contributed by atoms with Gasteiger partial charge in [-0.2, -0.15) is 13.2 Å². The van der Waals surface area contributed by atoms with Crippen LogP contribution in [0.25, 0.3) is 0 Å². The second kappa shape index (κ2) is 4.13. The van der Waals surface area contributed by atoms with E-state index in [1.54, 1.807) is 30.3 Å². The first-order valence-electron chi connectivity index (χ1n) is 3.78. The Balaban J connectivity index is 2.46. The number of rotatable bonds is 2. The third kappa shape index (κ3) is 3.08. The zero-order chi connectivity index (χ0) is 10.6. The van der Waals surface area contributed by atoms with Crippen LogP contribution in [0.5, 0.6) is 0 Å². The lowest BCUT2D eigenvalue weighted by molar-refractivity contribution is -0.201. The molecule has 0 fully saturated rings. The summed E-state index contributed by atoms with van der Waals surface area (Å²) in [6, 6.07) is 8.16. The van der Waals surface area contributed by atoms with Crippen LogP contribution < -0.4 is 0 Å². The van der Waals surface area contributed by atoms with Crippen LogP contribution in [0.3, 0.4) is 0 Å². The molecule has 0 unspecified atom stereocenters. The van der Waals surface area contributed by atoms with Crippen LogP contribution in [0.2, 0.25) is 0 Å². The van der Waals surface area contributed by atoms with Gasteiger partial charge in [-0.1, -0.05) is 30.3 Å². The van der Waals surface area contributed by atoms with Crippen molar-refractivity contribution in [1.29, 1.82) is 0 Å². The normalized spacial score (nSPS) is 11.1. The lowest BCUT2D eigenvalue weighted by Gasteiger charge is -2.06. The Kier molecular flexibility index (Phi) is 3.11. The fourth-order valence-corrected chi connectivity index (χ4v) is 0.805. The Hall–Kier alpha value is -1.52. The van der Waals surface area contributed by atoms with Crippen molar-refractivity contribution in [2.45, 2.75) is 12.8 Å². The summed E-state index contributed by atoms with van der Waals surface area (Å²) >= 11 is 0. The van der Waals surface area contributed by atoms with Crippen molar-refractivity contribution in [2.75, 3.05) is 0 Å². The number of hydrogen-bond donors (Lipinski definition) is 0. The molecule has 0 amide bonds. The van der Waals surface area contributed by atoms with Crippen molar-refractivity contribution in [3.05, 3.63) is 35.9 Å². The first-order chi connectivity index (χ1) is 6.50. The summed E-state index contributed by atoms with van der Waals surface area (Å²) in [6.07, 6.45) is -4.92.